The van der Waals surface area contributed by atoms with Crippen LogP contribution in [0, 0.1) is 19.3 Å². The average Bonchev–Trinajstić information content (AvgIpc) is 2.35. The fourth-order valence-corrected chi connectivity index (χ4v) is 2.17. The number of methoxy groups -OCH3 is 1. The molecule has 1 aromatic rings. The summed E-state index contributed by atoms with van der Waals surface area (Å²) in [5.41, 5.74) is 9.58. The molecule has 0 bridgehead atoms. The van der Waals surface area contributed by atoms with Crippen molar-refractivity contribution in [1.82, 2.24) is 0 Å². The van der Waals surface area contributed by atoms with Crippen LogP contribution in [0.1, 0.15) is 31.4 Å². The van der Waals surface area contributed by atoms with Crippen molar-refractivity contribution in [1.29, 1.82) is 0 Å². The Morgan fingerprint density at radius 3 is 2.42 bits per heavy atom. The van der Waals surface area contributed by atoms with Gasteiger partial charge in [0.25, 0.3) is 0 Å². The summed E-state index contributed by atoms with van der Waals surface area (Å²) in [5, 5.41) is 0. The molecule has 19 heavy (non-hydrogen) atoms. The van der Waals surface area contributed by atoms with E-state index in [0.717, 1.165) is 24.4 Å². The molecule has 0 atom stereocenters. The van der Waals surface area contributed by atoms with Crippen molar-refractivity contribution < 1.29 is 4.74 Å². The predicted octanol–water partition coefficient (Wildman–Crippen LogP) is 3.12. The summed E-state index contributed by atoms with van der Waals surface area (Å²) in [6.07, 6.45) is 1.07. The van der Waals surface area contributed by atoms with E-state index in [1.807, 2.05) is 0 Å². The number of anilines is 1. The van der Waals surface area contributed by atoms with Gasteiger partial charge in [-0.3, -0.25) is 0 Å². The number of benzene rings is 1. The van der Waals surface area contributed by atoms with Crippen LogP contribution >= 0.6 is 0 Å². The first-order chi connectivity index (χ1) is 8.80. The largest absolute Gasteiger partial charge is 0.494 e. The lowest BCUT2D eigenvalue weighted by atomic mass is 9.89. The number of aryl methyl sites for hydroxylation is 2. The van der Waals surface area contributed by atoms with E-state index in [4.69, 9.17) is 10.5 Å². The Hall–Kier alpha value is -1.22. The summed E-state index contributed by atoms with van der Waals surface area (Å²) in [4.78, 5) is 2.26. The van der Waals surface area contributed by atoms with Crippen LogP contribution in [0.5, 0.6) is 5.75 Å². The molecule has 108 valence electrons. The minimum Gasteiger partial charge on any atom is -0.494 e. The van der Waals surface area contributed by atoms with Crippen LogP contribution in [-0.2, 0) is 0 Å². The molecule has 3 heteroatoms. The van der Waals surface area contributed by atoms with Crippen molar-refractivity contribution in [2.24, 2.45) is 11.1 Å². The molecule has 0 aromatic heterocycles. The lowest BCUT2D eigenvalue weighted by molar-refractivity contribution is 0.350. The summed E-state index contributed by atoms with van der Waals surface area (Å²) in [5.74, 6) is 0.971. The van der Waals surface area contributed by atoms with Gasteiger partial charge in [-0.1, -0.05) is 19.9 Å². The molecule has 1 aromatic carbocycles. The van der Waals surface area contributed by atoms with Gasteiger partial charge in [0.15, 0.2) is 0 Å². The highest BCUT2D eigenvalue weighted by Crippen LogP contribution is 2.33. The zero-order chi connectivity index (χ0) is 14.6. The zero-order valence-electron chi connectivity index (χ0n) is 13.2. The quantitative estimate of drug-likeness (QED) is 0.858. The van der Waals surface area contributed by atoms with E-state index in [1.165, 1.54) is 11.1 Å². The summed E-state index contributed by atoms with van der Waals surface area (Å²) >= 11 is 0. The first-order valence-electron chi connectivity index (χ1n) is 6.87. The molecule has 3 nitrogen and oxygen atoms in total. The van der Waals surface area contributed by atoms with Gasteiger partial charge >= 0.3 is 0 Å². The Morgan fingerprint density at radius 1 is 1.26 bits per heavy atom. The van der Waals surface area contributed by atoms with Crippen LogP contribution < -0.4 is 15.4 Å². The summed E-state index contributed by atoms with van der Waals surface area (Å²) < 4.78 is 5.54. The molecule has 1 rings (SSSR count). The number of nitrogens with zero attached hydrogens (tertiary/aromatic N) is 1. The number of rotatable bonds is 6. The van der Waals surface area contributed by atoms with E-state index in [0.29, 0.717) is 6.54 Å². The van der Waals surface area contributed by atoms with E-state index in [2.05, 4.69) is 51.8 Å². The van der Waals surface area contributed by atoms with Gasteiger partial charge in [-0.15, -0.1) is 0 Å². The van der Waals surface area contributed by atoms with Gasteiger partial charge in [-0.25, -0.2) is 0 Å². The van der Waals surface area contributed by atoms with Crippen molar-refractivity contribution in [3.8, 4) is 5.75 Å². The van der Waals surface area contributed by atoms with E-state index in [-0.39, 0.29) is 5.41 Å². The van der Waals surface area contributed by atoms with Crippen molar-refractivity contribution >= 4 is 5.69 Å². The van der Waals surface area contributed by atoms with Gasteiger partial charge in [-0.05, 0) is 49.4 Å². The van der Waals surface area contributed by atoms with Crippen molar-refractivity contribution in [2.45, 2.75) is 34.1 Å². The number of nitrogens with two attached hydrogens (primary N) is 1. The molecule has 0 aliphatic heterocycles. The van der Waals surface area contributed by atoms with Gasteiger partial charge in [0.2, 0.25) is 0 Å². The predicted molar refractivity (Wildman–Crippen MR) is 83.2 cm³/mol. The minimum atomic E-state index is 0.181. The van der Waals surface area contributed by atoms with Crippen molar-refractivity contribution in [3.05, 3.63) is 23.3 Å². The van der Waals surface area contributed by atoms with Crippen LogP contribution in [0.3, 0.4) is 0 Å². The summed E-state index contributed by atoms with van der Waals surface area (Å²) in [6.45, 7) is 10.3. The maximum absolute atomic E-state index is 5.79. The molecular weight excluding hydrogens is 236 g/mol. The van der Waals surface area contributed by atoms with Gasteiger partial charge < -0.3 is 15.4 Å². The molecule has 0 heterocycles. The third-order valence-corrected chi connectivity index (χ3v) is 3.69. The van der Waals surface area contributed by atoms with E-state index >= 15 is 0 Å². The van der Waals surface area contributed by atoms with Crippen LogP contribution in [0.4, 0.5) is 5.69 Å². The minimum absolute atomic E-state index is 0.181. The Balaban J connectivity index is 2.90. The maximum atomic E-state index is 5.79. The molecule has 0 spiro atoms. The standard InChI is InChI=1S/C16H28N2O/c1-12-9-13(2)15(19-6)14(10-12)18(5)8-7-16(3,4)11-17/h9-10H,7-8,11,17H2,1-6H3. The first-order valence-corrected chi connectivity index (χ1v) is 6.87. The fraction of sp³-hybridized carbons (Fsp3) is 0.625. The monoisotopic (exact) mass is 264 g/mol. The lowest BCUT2D eigenvalue weighted by Crippen LogP contribution is -2.30. The molecule has 2 N–H and O–H groups in total. The second-order valence-corrected chi connectivity index (χ2v) is 6.17. The normalized spacial score (nSPS) is 11.5. The molecule has 0 amide bonds. The SMILES string of the molecule is COc1c(C)cc(C)cc1N(C)CCC(C)(C)CN. The molecule has 0 unspecified atom stereocenters. The highest BCUT2D eigenvalue weighted by Gasteiger charge is 2.18. The number of hydrogen-bond acceptors (Lipinski definition) is 3. The second kappa shape index (κ2) is 6.29. The molecule has 0 fully saturated rings. The van der Waals surface area contributed by atoms with Crippen LogP contribution in [-0.4, -0.2) is 27.2 Å². The Bertz CT molecular complexity index is 427. The van der Waals surface area contributed by atoms with E-state index < -0.39 is 0 Å². The molecular formula is C16H28N2O. The van der Waals surface area contributed by atoms with E-state index in [1.54, 1.807) is 7.11 Å². The topological polar surface area (TPSA) is 38.5 Å². The van der Waals surface area contributed by atoms with Gasteiger partial charge in [0.05, 0.1) is 12.8 Å². The maximum Gasteiger partial charge on any atom is 0.145 e. The van der Waals surface area contributed by atoms with Crippen LogP contribution in [0.25, 0.3) is 0 Å². The second-order valence-electron chi connectivity index (χ2n) is 6.17. The Morgan fingerprint density at radius 2 is 1.89 bits per heavy atom. The van der Waals surface area contributed by atoms with Gasteiger partial charge in [-0.2, -0.15) is 0 Å². The Labute approximate surface area is 117 Å². The molecule has 0 saturated carbocycles. The van der Waals surface area contributed by atoms with Crippen molar-refractivity contribution in [2.75, 3.05) is 32.1 Å². The molecule has 0 aliphatic carbocycles. The van der Waals surface area contributed by atoms with Gasteiger partial charge in [0, 0.05) is 13.6 Å². The Kier molecular flexibility index (Phi) is 5.24. The summed E-state index contributed by atoms with van der Waals surface area (Å²) in [6, 6.07) is 4.33. The molecule has 0 aliphatic rings. The lowest BCUT2D eigenvalue weighted by Gasteiger charge is -2.28. The van der Waals surface area contributed by atoms with Crippen LogP contribution in [0.2, 0.25) is 0 Å². The summed E-state index contributed by atoms with van der Waals surface area (Å²) in [7, 11) is 3.85. The highest BCUT2D eigenvalue weighted by molar-refractivity contribution is 5.63. The third kappa shape index (κ3) is 4.13. The third-order valence-electron chi connectivity index (χ3n) is 3.69. The fourth-order valence-electron chi connectivity index (χ4n) is 2.17. The van der Waals surface area contributed by atoms with E-state index in [9.17, 15) is 0 Å². The van der Waals surface area contributed by atoms with Gasteiger partial charge in [0.1, 0.15) is 5.75 Å². The highest BCUT2D eigenvalue weighted by atomic mass is 16.5. The first kappa shape index (κ1) is 15.8. The molecule has 0 saturated heterocycles. The number of ether oxygens (including phenoxy) is 1. The average molecular weight is 264 g/mol. The smallest absolute Gasteiger partial charge is 0.145 e. The van der Waals surface area contributed by atoms with Crippen molar-refractivity contribution in [3.63, 3.8) is 0 Å². The molecule has 0 radical (unpaired) electrons. The zero-order valence-corrected chi connectivity index (χ0v) is 13.2. The number of hydrogen-bond donors (Lipinski definition) is 1. The van der Waals surface area contributed by atoms with Crippen LogP contribution in [0.15, 0.2) is 12.1 Å².